The Kier molecular flexibility index (Phi) is 6.65. The summed E-state index contributed by atoms with van der Waals surface area (Å²) in [6.07, 6.45) is 1.46. The average Bonchev–Trinajstić information content (AvgIpc) is 2.95. The summed E-state index contributed by atoms with van der Waals surface area (Å²) in [6, 6.07) is 10.1. The highest BCUT2D eigenvalue weighted by Crippen LogP contribution is 2.16. The van der Waals surface area contributed by atoms with Gasteiger partial charge in [-0.2, -0.15) is 0 Å². The summed E-state index contributed by atoms with van der Waals surface area (Å²) < 4.78 is 5.20. The first kappa shape index (κ1) is 18.3. The van der Waals surface area contributed by atoms with Crippen molar-refractivity contribution in [1.82, 2.24) is 4.90 Å². The molecule has 2 N–H and O–H groups in total. The maximum atomic E-state index is 12.3. The fourth-order valence-corrected chi connectivity index (χ4v) is 2.17. The van der Waals surface area contributed by atoms with Gasteiger partial charge in [0.05, 0.1) is 12.1 Å². The molecule has 0 saturated carbocycles. The molecule has 0 aliphatic rings. The molecule has 2 aromatic rings. The fourth-order valence-electron chi connectivity index (χ4n) is 2.17. The summed E-state index contributed by atoms with van der Waals surface area (Å²) in [6.45, 7) is 5.20. The Bertz CT molecular complexity index is 605. The SMILES string of the molecule is CC(C)c1ccc(CN(C)C(=O)c2coc(CN)c2)cc1.Cl. The number of hydrogen-bond acceptors (Lipinski definition) is 3. The molecule has 0 fully saturated rings. The van der Waals surface area contributed by atoms with Gasteiger partial charge in [-0.15, -0.1) is 12.4 Å². The molecule has 22 heavy (non-hydrogen) atoms. The lowest BCUT2D eigenvalue weighted by molar-refractivity contribution is 0.0784. The summed E-state index contributed by atoms with van der Waals surface area (Å²) in [5.41, 5.74) is 8.43. The van der Waals surface area contributed by atoms with E-state index in [1.54, 1.807) is 18.0 Å². The minimum atomic E-state index is -0.0635. The number of benzene rings is 1. The van der Waals surface area contributed by atoms with E-state index in [-0.39, 0.29) is 18.3 Å². The van der Waals surface area contributed by atoms with Crippen LogP contribution in [-0.4, -0.2) is 17.9 Å². The van der Waals surface area contributed by atoms with Gasteiger partial charge in [0.2, 0.25) is 0 Å². The van der Waals surface area contributed by atoms with E-state index >= 15 is 0 Å². The van der Waals surface area contributed by atoms with Crippen molar-refractivity contribution >= 4 is 18.3 Å². The van der Waals surface area contributed by atoms with Gasteiger partial charge < -0.3 is 15.1 Å². The molecule has 1 amide bonds. The Morgan fingerprint density at radius 3 is 2.41 bits per heavy atom. The van der Waals surface area contributed by atoms with Crippen molar-refractivity contribution in [3.63, 3.8) is 0 Å². The number of carbonyl (C=O) groups is 1. The Morgan fingerprint density at radius 1 is 1.27 bits per heavy atom. The minimum absolute atomic E-state index is 0. The molecular weight excluding hydrogens is 300 g/mol. The highest BCUT2D eigenvalue weighted by molar-refractivity contribution is 5.93. The molecule has 1 heterocycles. The number of hydrogen-bond donors (Lipinski definition) is 1. The molecule has 5 heteroatoms. The van der Waals surface area contributed by atoms with E-state index in [0.29, 0.717) is 30.3 Å². The van der Waals surface area contributed by atoms with Crippen LogP contribution in [0, 0.1) is 0 Å². The summed E-state index contributed by atoms with van der Waals surface area (Å²) in [7, 11) is 1.79. The maximum Gasteiger partial charge on any atom is 0.257 e. The second-order valence-corrected chi connectivity index (χ2v) is 5.56. The second kappa shape index (κ2) is 8.01. The molecule has 120 valence electrons. The van der Waals surface area contributed by atoms with E-state index in [9.17, 15) is 4.79 Å². The smallest absolute Gasteiger partial charge is 0.257 e. The molecule has 4 nitrogen and oxygen atoms in total. The first-order chi connectivity index (χ1) is 10.0. The van der Waals surface area contributed by atoms with Crippen LogP contribution in [0.3, 0.4) is 0 Å². The van der Waals surface area contributed by atoms with Crippen LogP contribution in [0.15, 0.2) is 41.0 Å². The molecule has 0 atom stereocenters. The maximum absolute atomic E-state index is 12.3. The number of amides is 1. The van der Waals surface area contributed by atoms with Gasteiger partial charge in [0.1, 0.15) is 12.0 Å². The molecule has 0 unspecified atom stereocenters. The summed E-state index contributed by atoms with van der Waals surface area (Å²) in [5.74, 6) is 1.07. The number of carbonyl (C=O) groups excluding carboxylic acids is 1. The van der Waals surface area contributed by atoms with E-state index in [2.05, 4.69) is 38.1 Å². The zero-order chi connectivity index (χ0) is 15.4. The first-order valence-corrected chi connectivity index (χ1v) is 7.13. The van der Waals surface area contributed by atoms with Gasteiger partial charge in [-0.05, 0) is 23.1 Å². The molecule has 0 saturated heterocycles. The summed E-state index contributed by atoms with van der Waals surface area (Å²) in [5, 5.41) is 0. The monoisotopic (exact) mass is 322 g/mol. The molecule has 0 bridgehead atoms. The molecule has 0 aliphatic carbocycles. The topological polar surface area (TPSA) is 59.5 Å². The van der Waals surface area contributed by atoms with Gasteiger partial charge in [-0.3, -0.25) is 4.79 Å². The Hall–Kier alpha value is -1.78. The lowest BCUT2D eigenvalue weighted by Crippen LogP contribution is -2.25. The van der Waals surface area contributed by atoms with Crippen LogP contribution in [0.1, 0.15) is 47.0 Å². The lowest BCUT2D eigenvalue weighted by atomic mass is 10.0. The first-order valence-electron chi connectivity index (χ1n) is 7.13. The lowest BCUT2D eigenvalue weighted by Gasteiger charge is -2.17. The quantitative estimate of drug-likeness (QED) is 0.915. The molecule has 0 radical (unpaired) electrons. The van der Waals surface area contributed by atoms with E-state index in [1.807, 2.05) is 0 Å². The molecule has 1 aromatic heterocycles. The standard InChI is InChI=1S/C17H22N2O2.ClH/c1-12(2)14-6-4-13(5-7-14)10-19(3)17(20)15-8-16(9-18)21-11-15;/h4-8,11-12H,9-10,18H2,1-3H3;1H. The van der Waals surface area contributed by atoms with Crippen LogP contribution >= 0.6 is 12.4 Å². The zero-order valence-corrected chi connectivity index (χ0v) is 14.0. The van der Waals surface area contributed by atoms with Crippen molar-refractivity contribution in [2.24, 2.45) is 5.73 Å². The predicted molar refractivity (Wildman–Crippen MR) is 90.2 cm³/mol. The van der Waals surface area contributed by atoms with Gasteiger partial charge in [0.15, 0.2) is 0 Å². The van der Waals surface area contributed by atoms with Gasteiger partial charge in [-0.25, -0.2) is 0 Å². The average molecular weight is 323 g/mol. The zero-order valence-electron chi connectivity index (χ0n) is 13.2. The number of nitrogens with two attached hydrogens (primary N) is 1. The third kappa shape index (κ3) is 4.36. The predicted octanol–water partition coefficient (Wildman–Crippen LogP) is 3.56. The second-order valence-electron chi connectivity index (χ2n) is 5.56. The van der Waals surface area contributed by atoms with Gasteiger partial charge in [0, 0.05) is 13.6 Å². The molecule has 2 rings (SSSR count). The van der Waals surface area contributed by atoms with E-state index in [4.69, 9.17) is 10.2 Å². The van der Waals surface area contributed by atoms with Gasteiger partial charge >= 0.3 is 0 Å². The fraction of sp³-hybridized carbons (Fsp3) is 0.353. The van der Waals surface area contributed by atoms with E-state index in [1.165, 1.54) is 11.8 Å². The Labute approximate surface area is 137 Å². The van der Waals surface area contributed by atoms with Gasteiger partial charge in [-0.1, -0.05) is 38.1 Å². The third-order valence-electron chi connectivity index (χ3n) is 3.51. The number of halogens is 1. The van der Waals surface area contributed by atoms with Crippen LogP contribution < -0.4 is 5.73 Å². The van der Waals surface area contributed by atoms with Crippen molar-refractivity contribution in [3.8, 4) is 0 Å². The van der Waals surface area contributed by atoms with Crippen LogP contribution in [0.4, 0.5) is 0 Å². The summed E-state index contributed by atoms with van der Waals surface area (Å²) >= 11 is 0. The van der Waals surface area contributed by atoms with Gasteiger partial charge in [0.25, 0.3) is 5.91 Å². The van der Waals surface area contributed by atoms with Crippen molar-refractivity contribution in [2.45, 2.75) is 32.9 Å². The number of rotatable bonds is 5. The van der Waals surface area contributed by atoms with Crippen molar-refractivity contribution in [2.75, 3.05) is 7.05 Å². The third-order valence-corrected chi connectivity index (χ3v) is 3.51. The number of nitrogens with zero attached hydrogens (tertiary/aromatic N) is 1. The molecule has 0 spiro atoms. The highest BCUT2D eigenvalue weighted by atomic mass is 35.5. The largest absolute Gasteiger partial charge is 0.467 e. The van der Waals surface area contributed by atoms with Crippen molar-refractivity contribution in [3.05, 3.63) is 59.0 Å². The minimum Gasteiger partial charge on any atom is -0.467 e. The Balaban J connectivity index is 0.00000242. The van der Waals surface area contributed by atoms with Crippen LogP contribution in [0.2, 0.25) is 0 Å². The molecule has 0 aliphatic heterocycles. The van der Waals surface area contributed by atoms with E-state index in [0.717, 1.165) is 5.56 Å². The van der Waals surface area contributed by atoms with Crippen LogP contribution in [0.5, 0.6) is 0 Å². The van der Waals surface area contributed by atoms with Crippen molar-refractivity contribution in [1.29, 1.82) is 0 Å². The summed E-state index contributed by atoms with van der Waals surface area (Å²) in [4.78, 5) is 14.0. The van der Waals surface area contributed by atoms with Crippen LogP contribution in [-0.2, 0) is 13.1 Å². The van der Waals surface area contributed by atoms with Crippen LogP contribution in [0.25, 0.3) is 0 Å². The number of furan rings is 1. The molecule has 1 aromatic carbocycles. The van der Waals surface area contributed by atoms with Crippen molar-refractivity contribution < 1.29 is 9.21 Å². The highest BCUT2D eigenvalue weighted by Gasteiger charge is 2.14. The van der Waals surface area contributed by atoms with E-state index < -0.39 is 0 Å². The Morgan fingerprint density at radius 2 is 1.91 bits per heavy atom. The normalized spacial score (nSPS) is 10.4. The molecular formula is C17H23ClN2O2.